The van der Waals surface area contributed by atoms with Crippen LogP contribution in [0.4, 0.5) is 10.1 Å². The van der Waals surface area contributed by atoms with Gasteiger partial charge in [-0.05, 0) is 35.9 Å². The predicted molar refractivity (Wildman–Crippen MR) is 80.9 cm³/mol. The van der Waals surface area contributed by atoms with Crippen molar-refractivity contribution in [2.75, 3.05) is 5.73 Å². The maximum Gasteiger partial charge on any atom is 0.248 e. The van der Waals surface area contributed by atoms with Gasteiger partial charge in [0.1, 0.15) is 5.82 Å². The number of hydrogen-bond donors (Lipinski definition) is 2. The Bertz CT molecular complexity index is 737. The Hall–Kier alpha value is -1.92. The zero-order valence-electron chi connectivity index (χ0n) is 10.8. The number of hydrogen-bond acceptors (Lipinski definition) is 3. The molecule has 0 aliphatic heterocycles. The lowest BCUT2D eigenvalue weighted by Crippen LogP contribution is -2.11. The highest BCUT2D eigenvalue weighted by molar-refractivity contribution is 7.84. The first kappa shape index (κ1) is 15.5. The molecule has 0 aromatic heterocycles. The van der Waals surface area contributed by atoms with E-state index >= 15 is 0 Å². The molecule has 4 nitrogen and oxygen atoms in total. The number of nitrogen functional groups attached to an aromatic ring is 1. The van der Waals surface area contributed by atoms with Crippen LogP contribution in [0.15, 0.2) is 41.3 Å². The lowest BCUT2D eigenvalue weighted by molar-refractivity contribution is 0.100. The van der Waals surface area contributed by atoms with E-state index in [9.17, 15) is 13.4 Å². The number of rotatable bonds is 4. The summed E-state index contributed by atoms with van der Waals surface area (Å²) >= 11 is 6.03. The van der Waals surface area contributed by atoms with Crippen LogP contribution in [0.2, 0.25) is 5.02 Å². The largest absolute Gasteiger partial charge is 0.396 e. The van der Waals surface area contributed by atoms with Crippen LogP contribution in [0.1, 0.15) is 15.9 Å². The summed E-state index contributed by atoms with van der Waals surface area (Å²) in [5.74, 6) is -1.11. The molecule has 21 heavy (non-hydrogen) atoms. The van der Waals surface area contributed by atoms with E-state index in [0.29, 0.717) is 10.5 Å². The lowest BCUT2D eigenvalue weighted by Gasteiger charge is -2.07. The molecular formula is C14H12ClFN2O2S. The lowest BCUT2D eigenvalue weighted by atomic mass is 10.1. The fraction of sp³-hybridized carbons (Fsp3) is 0.0714. The van der Waals surface area contributed by atoms with Crippen molar-refractivity contribution in [2.45, 2.75) is 10.6 Å². The molecule has 2 aromatic rings. The first-order valence-electron chi connectivity index (χ1n) is 5.90. The molecule has 2 aromatic carbocycles. The second kappa shape index (κ2) is 6.24. The molecule has 110 valence electrons. The smallest absolute Gasteiger partial charge is 0.248 e. The first-order chi connectivity index (χ1) is 9.88. The van der Waals surface area contributed by atoms with E-state index < -0.39 is 22.5 Å². The van der Waals surface area contributed by atoms with Gasteiger partial charge in [-0.3, -0.25) is 9.00 Å². The second-order valence-corrected chi connectivity index (χ2v) is 6.20. The highest BCUT2D eigenvalue weighted by atomic mass is 35.5. The summed E-state index contributed by atoms with van der Waals surface area (Å²) in [6, 6.07) is 8.50. The monoisotopic (exact) mass is 326 g/mol. The first-order valence-corrected chi connectivity index (χ1v) is 7.60. The molecule has 4 N–H and O–H groups in total. The SMILES string of the molecule is NC(=O)c1ccc(CS(=O)c2ccc(N)c(F)c2)c(Cl)c1. The van der Waals surface area contributed by atoms with Gasteiger partial charge in [-0.25, -0.2) is 4.39 Å². The standard InChI is InChI=1S/C14H12ClFN2O2S/c15-11-5-8(14(18)19)1-2-9(11)7-21(20)10-3-4-13(17)12(16)6-10/h1-6H,7,17H2,(H2,18,19). The van der Waals surface area contributed by atoms with E-state index in [-0.39, 0.29) is 22.0 Å². The Morgan fingerprint density at radius 2 is 1.95 bits per heavy atom. The zero-order valence-corrected chi connectivity index (χ0v) is 12.4. The summed E-state index contributed by atoms with van der Waals surface area (Å²) in [5.41, 5.74) is 11.4. The minimum absolute atomic E-state index is 0.000376. The van der Waals surface area contributed by atoms with Crippen LogP contribution >= 0.6 is 11.6 Å². The average molecular weight is 327 g/mol. The third-order valence-corrected chi connectivity index (χ3v) is 4.56. The number of primary amides is 1. The van der Waals surface area contributed by atoms with E-state index in [4.69, 9.17) is 23.1 Å². The molecule has 0 heterocycles. The Kier molecular flexibility index (Phi) is 4.59. The third kappa shape index (κ3) is 3.59. The van der Waals surface area contributed by atoms with Crippen molar-refractivity contribution in [1.29, 1.82) is 0 Å². The Labute approximate surface area is 128 Å². The normalized spacial score (nSPS) is 12.1. The van der Waals surface area contributed by atoms with Crippen LogP contribution in [0.25, 0.3) is 0 Å². The van der Waals surface area contributed by atoms with Crippen LogP contribution in [-0.2, 0) is 16.6 Å². The summed E-state index contributed by atoms with van der Waals surface area (Å²) in [6.07, 6.45) is 0. The van der Waals surface area contributed by atoms with Gasteiger partial charge in [0.25, 0.3) is 0 Å². The zero-order chi connectivity index (χ0) is 15.6. The molecule has 0 aliphatic carbocycles. The van der Waals surface area contributed by atoms with Crippen molar-refractivity contribution in [2.24, 2.45) is 5.73 Å². The van der Waals surface area contributed by atoms with Gasteiger partial charge in [0.2, 0.25) is 5.91 Å². The van der Waals surface area contributed by atoms with E-state index in [2.05, 4.69) is 0 Å². The van der Waals surface area contributed by atoms with Crippen LogP contribution in [0, 0.1) is 5.82 Å². The van der Waals surface area contributed by atoms with Crippen LogP contribution in [0.3, 0.4) is 0 Å². The van der Waals surface area contributed by atoms with Gasteiger partial charge < -0.3 is 11.5 Å². The van der Waals surface area contributed by atoms with Crippen molar-refractivity contribution in [1.82, 2.24) is 0 Å². The molecule has 2 rings (SSSR count). The molecule has 0 fully saturated rings. The fourth-order valence-corrected chi connectivity index (χ4v) is 3.17. The number of amides is 1. The van der Waals surface area contributed by atoms with E-state index in [1.807, 2.05) is 0 Å². The summed E-state index contributed by atoms with van der Waals surface area (Å²) in [4.78, 5) is 11.3. The van der Waals surface area contributed by atoms with Crippen LogP contribution in [0.5, 0.6) is 0 Å². The van der Waals surface area contributed by atoms with E-state index in [0.717, 1.165) is 6.07 Å². The fourth-order valence-electron chi connectivity index (χ4n) is 1.69. The Morgan fingerprint density at radius 1 is 1.24 bits per heavy atom. The Balaban J connectivity index is 2.23. The number of carbonyl (C=O) groups excluding carboxylic acids is 1. The number of halogens is 2. The molecule has 1 amide bonds. The van der Waals surface area contributed by atoms with E-state index in [1.54, 1.807) is 6.07 Å². The van der Waals surface area contributed by atoms with Gasteiger partial charge >= 0.3 is 0 Å². The molecule has 0 saturated heterocycles. The summed E-state index contributed by atoms with van der Waals surface area (Å²) < 4.78 is 25.6. The van der Waals surface area contributed by atoms with Crippen LogP contribution in [-0.4, -0.2) is 10.1 Å². The molecule has 0 bridgehead atoms. The highest BCUT2D eigenvalue weighted by Gasteiger charge is 2.12. The minimum atomic E-state index is -1.48. The van der Waals surface area contributed by atoms with Crippen molar-refractivity contribution in [3.63, 3.8) is 0 Å². The number of anilines is 1. The molecule has 0 aliphatic rings. The molecule has 1 unspecified atom stereocenters. The van der Waals surface area contributed by atoms with Gasteiger partial charge in [-0.1, -0.05) is 17.7 Å². The summed E-state index contributed by atoms with van der Waals surface area (Å²) in [5, 5.41) is 0.288. The number of carbonyl (C=O) groups is 1. The highest BCUT2D eigenvalue weighted by Crippen LogP contribution is 2.23. The topological polar surface area (TPSA) is 86.2 Å². The molecule has 0 radical (unpaired) electrons. The summed E-state index contributed by atoms with van der Waals surface area (Å²) in [6.45, 7) is 0. The average Bonchev–Trinajstić information content (AvgIpc) is 2.43. The molecule has 1 atom stereocenters. The van der Waals surface area contributed by atoms with Gasteiger partial charge in [-0.15, -0.1) is 0 Å². The number of benzene rings is 2. The number of nitrogens with two attached hydrogens (primary N) is 2. The van der Waals surface area contributed by atoms with Gasteiger partial charge in [-0.2, -0.15) is 0 Å². The van der Waals surface area contributed by atoms with Crippen molar-refractivity contribution in [3.8, 4) is 0 Å². The van der Waals surface area contributed by atoms with Crippen molar-refractivity contribution in [3.05, 3.63) is 58.4 Å². The van der Waals surface area contributed by atoms with Crippen molar-refractivity contribution < 1.29 is 13.4 Å². The third-order valence-electron chi connectivity index (χ3n) is 2.86. The van der Waals surface area contributed by atoms with Gasteiger partial charge in [0, 0.05) is 15.5 Å². The molecule has 0 spiro atoms. The Morgan fingerprint density at radius 3 is 2.52 bits per heavy atom. The molecule has 0 saturated carbocycles. The van der Waals surface area contributed by atoms with Gasteiger partial charge in [0.05, 0.1) is 22.2 Å². The quantitative estimate of drug-likeness (QED) is 0.846. The molecule has 7 heteroatoms. The van der Waals surface area contributed by atoms with Crippen molar-refractivity contribution >= 4 is 34.0 Å². The minimum Gasteiger partial charge on any atom is -0.396 e. The van der Waals surface area contributed by atoms with Gasteiger partial charge in [0.15, 0.2) is 0 Å². The summed E-state index contributed by atoms with van der Waals surface area (Å²) in [7, 11) is -1.48. The molecular weight excluding hydrogens is 315 g/mol. The van der Waals surface area contributed by atoms with Crippen LogP contribution < -0.4 is 11.5 Å². The maximum atomic E-state index is 13.4. The second-order valence-electron chi connectivity index (χ2n) is 4.34. The predicted octanol–water partition coefficient (Wildman–Crippen LogP) is 2.47. The maximum absolute atomic E-state index is 13.4. The van der Waals surface area contributed by atoms with E-state index in [1.165, 1.54) is 24.3 Å².